The van der Waals surface area contributed by atoms with E-state index < -0.39 is 0 Å². The molecule has 0 bridgehead atoms. The lowest BCUT2D eigenvalue weighted by Crippen LogP contribution is -2.84. The Bertz CT molecular complexity index is 686. The minimum atomic E-state index is 0.405. The summed E-state index contributed by atoms with van der Waals surface area (Å²) in [5, 5.41) is 3.00. The quantitative estimate of drug-likeness (QED) is 0.784. The van der Waals surface area contributed by atoms with E-state index in [2.05, 4.69) is 11.4 Å². The summed E-state index contributed by atoms with van der Waals surface area (Å²) in [5.74, 6) is 1.50. The Balaban J connectivity index is 1.55. The number of ether oxygens (including phenoxy) is 3. The van der Waals surface area contributed by atoms with E-state index in [4.69, 9.17) is 25.8 Å². The molecular formula is C20H25ClNO3+. The fraction of sp³-hybridized carbons (Fsp3) is 0.400. The summed E-state index contributed by atoms with van der Waals surface area (Å²) in [6, 6.07) is 13.8. The van der Waals surface area contributed by atoms with Gasteiger partial charge in [0.1, 0.15) is 25.8 Å². The van der Waals surface area contributed by atoms with Gasteiger partial charge in [0, 0.05) is 17.2 Å². The molecule has 4 nitrogen and oxygen atoms in total. The third-order valence-electron chi connectivity index (χ3n) is 4.34. The highest BCUT2D eigenvalue weighted by Crippen LogP contribution is 2.28. The second kappa shape index (κ2) is 9.09. The zero-order chi connectivity index (χ0) is 17.5. The van der Waals surface area contributed by atoms with Crippen molar-refractivity contribution in [2.45, 2.75) is 32.1 Å². The number of hydrogen-bond donors (Lipinski definition) is 1. The van der Waals surface area contributed by atoms with Crippen molar-refractivity contribution in [1.82, 2.24) is 0 Å². The first-order chi connectivity index (χ1) is 12.2. The summed E-state index contributed by atoms with van der Waals surface area (Å²) in [5.41, 5.74) is 2.24. The zero-order valence-corrected chi connectivity index (χ0v) is 15.3. The predicted molar refractivity (Wildman–Crippen MR) is 98.2 cm³/mol. The minimum Gasteiger partial charge on any atom is -0.493 e. The summed E-state index contributed by atoms with van der Waals surface area (Å²) >= 11 is 6.01. The third kappa shape index (κ3) is 5.36. The van der Waals surface area contributed by atoms with Crippen molar-refractivity contribution >= 4 is 11.6 Å². The molecule has 0 saturated carbocycles. The van der Waals surface area contributed by atoms with E-state index >= 15 is 0 Å². The number of benzene rings is 2. The van der Waals surface area contributed by atoms with Gasteiger partial charge in [0.15, 0.2) is 11.5 Å². The summed E-state index contributed by atoms with van der Waals surface area (Å²) in [6.45, 7) is 3.28. The molecule has 2 aromatic rings. The van der Waals surface area contributed by atoms with Crippen molar-refractivity contribution < 1.29 is 19.5 Å². The fourth-order valence-corrected chi connectivity index (χ4v) is 3.23. The molecule has 0 radical (unpaired) electrons. The molecule has 3 rings (SSSR count). The number of halogens is 1. The number of quaternary nitrogens is 1. The fourth-order valence-electron chi connectivity index (χ4n) is 3.01. The smallest absolute Gasteiger partial charge is 0.161 e. The Kier molecular flexibility index (Phi) is 6.56. The Labute approximate surface area is 154 Å². The molecule has 0 amide bonds. The van der Waals surface area contributed by atoms with Gasteiger partial charge in [-0.15, -0.1) is 0 Å². The second-order valence-electron chi connectivity index (χ2n) is 6.27. The second-order valence-corrected chi connectivity index (χ2v) is 6.70. The third-order valence-corrected chi connectivity index (χ3v) is 4.58. The molecule has 1 aliphatic rings. The van der Waals surface area contributed by atoms with Crippen molar-refractivity contribution in [2.24, 2.45) is 0 Å². The highest BCUT2D eigenvalue weighted by molar-refractivity contribution is 6.30. The SMILES string of the molecule is COc1cc(C[NH2+]C[C@H]2CCCO2)ccc1OCc1cccc(Cl)c1. The maximum absolute atomic E-state index is 6.01. The normalized spacial score (nSPS) is 16.8. The van der Waals surface area contributed by atoms with Crippen LogP contribution < -0.4 is 14.8 Å². The van der Waals surface area contributed by atoms with Gasteiger partial charge in [-0.1, -0.05) is 23.7 Å². The van der Waals surface area contributed by atoms with Gasteiger partial charge >= 0.3 is 0 Å². The van der Waals surface area contributed by atoms with Crippen LogP contribution in [0.25, 0.3) is 0 Å². The van der Waals surface area contributed by atoms with Crippen LogP contribution in [0.2, 0.25) is 5.02 Å². The lowest BCUT2D eigenvalue weighted by Gasteiger charge is -2.13. The van der Waals surface area contributed by atoms with Gasteiger partial charge in [0.05, 0.1) is 7.11 Å². The number of methoxy groups -OCH3 is 1. The molecule has 0 aromatic heterocycles. The van der Waals surface area contributed by atoms with E-state index in [-0.39, 0.29) is 0 Å². The van der Waals surface area contributed by atoms with Crippen molar-refractivity contribution in [3.8, 4) is 11.5 Å². The molecule has 1 heterocycles. The maximum atomic E-state index is 6.01. The molecule has 1 fully saturated rings. The zero-order valence-electron chi connectivity index (χ0n) is 14.5. The molecule has 0 spiro atoms. The average molecular weight is 363 g/mol. The van der Waals surface area contributed by atoms with E-state index in [1.54, 1.807) is 7.11 Å². The van der Waals surface area contributed by atoms with Crippen LogP contribution in [-0.2, 0) is 17.9 Å². The molecule has 1 aliphatic heterocycles. The molecule has 134 valence electrons. The predicted octanol–water partition coefficient (Wildman–Crippen LogP) is 3.17. The van der Waals surface area contributed by atoms with Crippen LogP contribution in [-0.4, -0.2) is 26.4 Å². The van der Waals surface area contributed by atoms with E-state index in [1.165, 1.54) is 18.4 Å². The molecule has 1 saturated heterocycles. The summed E-state index contributed by atoms with van der Waals surface area (Å²) in [7, 11) is 1.67. The minimum absolute atomic E-state index is 0.405. The molecule has 2 N–H and O–H groups in total. The Hall–Kier alpha value is -1.75. The van der Waals surface area contributed by atoms with E-state index in [0.717, 1.165) is 36.8 Å². The highest BCUT2D eigenvalue weighted by atomic mass is 35.5. The molecule has 0 unspecified atom stereocenters. The Morgan fingerprint density at radius 3 is 2.84 bits per heavy atom. The van der Waals surface area contributed by atoms with Crippen LogP contribution >= 0.6 is 11.6 Å². The largest absolute Gasteiger partial charge is 0.493 e. The number of hydrogen-bond acceptors (Lipinski definition) is 3. The van der Waals surface area contributed by atoms with Crippen molar-refractivity contribution in [1.29, 1.82) is 0 Å². The van der Waals surface area contributed by atoms with Gasteiger partial charge in [-0.05, 0) is 48.7 Å². The molecule has 2 aromatic carbocycles. The van der Waals surface area contributed by atoms with Gasteiger partial charge in [0.25, 0.3) is 0 Å². The Morgan fingerprint density at radius 2 is 2.08 bits per heavy atom. The van der Waals surface area contributed by atoms with Crippen molar-refractivity contribution in [3.63, 3.8) is 0 Å². The van der Waals surface area contributed by atoms with Crippen LogP contribution in [0.5, 0.6) is 11.5 Å². The molecule has 25 heavy (non-hydrogen) atoms. The number of rotatable bonds is 8. The first-order valence-electron chi connectivity index (χ1n) is 8.72. The van der Waals surface area contributed by atoms with Crippen LogP contribution in [0, 0.1) is 0 Å². The first-order valence-corrected chi connectivity index (χ1v) is 9.10. The van der Waals surface area contributed by atoms with Gasteiger partial charge in [-0.25, -0.2) is 0 Å². The maximum Gasteiger partial charge on any atom is 0.161 e. The lowest BCUT2D eigenvalue weighted by atomic mass is 10.2. The lowest BCUT2D eigenvalue weighted by molar-refractivity contribution is -0.676. The first kappa shape index (κ1) is 18.1. The van der Waals surface area contributed by atoms with Crippen molar-refractivity contribution in [2.75, 3.05) is 20.3 Å². The van der Waals surface area contributed by atoms with E-state index in [1.807, 2.05) is 36.4 Å². The average Bonchev–Trinajstić information content (AvgIpc) is 3.14. The number of nitrogens with two attached hydrogens (primary N) is 1. The topological polar surface area (TPSA) is 44.3 Å². The molecular weight excluding hydrogens is 338 g/mol. The summed E-state index contributed by atoms with van der Waals surface area (Å²) < 4.78 is 17.0. The van der Waals surface area contributed by atoms with Crippen LogP contribution in [0.4, 0.5) is 0 Å². The van der Waals surface area contributed by atoms with Gasteiger partial charge in [-0.3, -0.25) is 0 Å². The van der Waals surface area contributed by atoms with E-state index in [9.17, 15) is 0 Å². The summed E-state index contributed by atoms with van der Waals surface area (Å²) in [6.07, 6.45) is 2.77. The van der Waals surface area contributed by atoms with E-state index in [0.29, 0.717) is 17.7 Å². The van der Waals surface area contributed by atoms with Crippen LogP contribution in [0.3, 0.4) is 0 Å². The van der Waals surface area contributed by atoms with Crippen LogP contribution in [0.1, 0.15) is 24.0 Å². The molecule has 0 aliphatic carbocycles. The van der Waals surface area contributed by atoms with Gasteiger partial charge in [-0.2, -0.15) is 0 Å². The highest BCUT2D eigenvalue weighted by Gasteiger charge is 2.17. The van der Waals surface area contributed by atoms with Gasteiger partial charge in [0.2, 0.25) is 0 Å². The van der Waals surface area contributed by atoms with Crippen molar-refractivity contribution in [3.05, 3.63) is 58.6 Å². The standard InChI is InChI=1S/C20H24ClNO3/c1-23-20-11-15(12-22-13-18-6-3-9-24-18)7-8-19(20)25-14-16-4-2-5-17(21)10-16/h2,4-5,7-8,10-11,18,22H,3,6,9,12-14H2,1H3/p+1/t18-/m1/s1. The monoisotopic (exact) mass is 362 g/mol. The van der Waals surface area contributed by atoms with Crippen LogP contribution in [0.15, 0.2) is 42.5 Å². The van der Waals surface area contributed by atoms with Gasteiger partial charge < -0.3 is 19.5 Å². The Morgan fingerprint density at radius 1 is 1.16 bits per heavy atom. The summed E-state index contributed by atoms with van der Waals surface area (Å²) in [4.78, 5) is 0. The molecule has 1 atom stereocenters. The molecule has 5 heteroatoms.